The second-order valence-electron chi connectivity index (χ2n) is 3.94. The Hall–Kier alpha value is -1.26. The summed E-state index contributed by atoms with van der Waals surface area (Å²) in [7, 11) is 1.60. The van der Waals surface area contributed by atoms with Gasteiger partial charge in [0.2, 0.25) is 0 Å². The summed E-state index contributed by atoms with van der Waals surface area (Å²) in [6.45, 7) is 0.383. The summed E-state index contributed by atoms with van der Waals surface area (Å²) in [5.74, 6) is 0.408. The maximum atomic E-state index is 13.6. The first-order chi connectivity index (χ1) is 9.10. The van der Waals surface area contributed by atoms with Crippen LogP contribution in [0.4, 0.5) is 10.1 Å². The molecule has 0 aliphatic heterocycles. The zero-order valence-electron chi connectivity index (χ0n) is 10.2. The van der Waals surface area contributed by atoms with Gasteiger partial charge in [-0.3, -0.25) is 0 Å². The number of ether oxygens (including phenoxy) is 1. The molecule has 19 heavy (non-hydrogen) atoms. The van der Waals surface area contributed by atoms with Crippen molar-refractivity contribution >= 4 is 33.2 Å². The van der Waals surface area contributed by atoms with Crippen molar-refractivity contribution in [3.05, 3.63) is 57.3 Å². The topological polar surface area (TPSA) is 21.3 Å². The van der Waals surface area contributed by atoms with Crippen LogP contribution in [0.25, 0.3) is 0 Å². The number of benzene rings is 2. The molecule has 0 amide bonds. The Balaban J connectivity index is 2.10. The molecule has 5 heteroatoms. The lowest BCUT2D eigenvalue weighted by atomic mass is 10.2. The van der Waals surface area contributed by atoms with Crippen LogP contribution in [0, 0.1) is 5.82 Å². The van der Waals surface area contributed by atoms with Crippen LogP contribution in [0.15, 0.2) is 40.9 Å². The van der Waals surface area contributed by atoms with Crippen molar-refractivity contribution in [1.82, 2.24) is 0 Å². The molecule has 2 aromatic carbocycles. The molecule has 0 spiro atoms. The summed E-state index contributed by atoms with van der Waals surface area (Å²) in [6, 6.07) is 10.3. The molecular formula is C14H12BrClFNO. The Morgan fingerprint density at radius 3 is 2.74 bits per heavy atom. The third-order valence-electron chi connectivity index (χ3n) is 2.65. The molecule has 2 aromatic rings. The quantitative estimate of drug-likeness (QED) is 0.855. The predicted octanol–water partition coefficient (Wildman–Crippen LogP) is 4.86. The Morgan fingerprint density at radius 2 is 2.05 bits per heavy atom. The predicted molar refractivity (Wildman–Crippen MR) is 79.4 cm³/mol. The fourth-order valence-corrected chi connectivity index (χ4v) is 2.20. The largest absolute Gasteiger partial charge is 0.495 e. The van der Waals surface area contributed by atoms with Gasteiger partial charge in [-0.05, 0) is 40.2 Å². The lowest BCUT2D eigenvalue weighted by molar-refractivity contribution is 0.412. The Morgan fingerprint density at radius 1 is 1.26 bits per heavy atom. The zero-order valence-corrected chi connectivity index (χ0v) is 12.6. The molecule has 2 rings (SSSR count). The lowest BCUT2D eigenvalue weighted by Crippen LogP contribution is -2.02. The van der Waals surface area contributed by atoms with Crippen LogP contribution in [0.1, 0.15) is 5.56 Å². The van der Waals surface area contributed by atoms with Gasteiger partial charge < -0.3 is 10.1 Å². The number of anilines is 1. The maximum Gasteiger partial charge on any atom is 0.135 e. The van der Waals surface area contributed by atoms with Gasteiger partial charge in [0.05, 0.1) is 11.6 Å². The van der Waals surface area contributed by atoms with E-state index in [1.807, 2.05) is 18.2 Å². The van der Waals surface area contributed by atoms with Gasteiger partial charge in [0, 0.05) is 28.9 Å². The molecule has 0 atom stereocenters. The van der Waals surface area contributed by atoms with E-state index in [2.05, 4.69) is 21.2 Å². The molecule has 0 aliphatic carbocycles. The van der Waals surface area contributed by atoms with E-state index in [0.717, 1.165) is 15.9 Å². The molecule has 100 valence electrons. The summed E-state index contributed by atoms with van der Waals surface area (Å²) < 4.78 is 19.7. The average Bonchev–Trinajstić information content (AvgIpc) is 2.39. The summed E-state index contributed by atoms with van der Waals surface area (Å²) >= 11 is 9.09. The molecule has 2 nitrogen and oxygen atoms in total. The highest BCUT2D eigenvalue weighted by molar-refractivity contribution is 9.10. The van der Waals surface area contributed by atoms with E-state index < -0.39 is 0 Å². The van der Waals surface area contributed by atoms with Crippen molar-refractivity contribution in [2.45, 2.75) is 6.54 Å². The molecule has 0 saturated heterocycles. The normalized spacial score (nSPS) is 10.3. The van der Waals surface area contributed by atoms with E-state index in [0.29, 0.717) is 17.1 Å². The molecule has 0 aromatic heterocycles. The Kier molecular flexibility index (Phi) is 4.66. The maximum absolute atomic E-state index is 13.6. The van der Waals surface area contributed by atoms with Crippen LogP contribution in [0.5, 0.6) is 5.75 Å². The average molecular weight is 345 g/mol. The summed E-state index contributed by atoms with van der Waals surface area (Å²) in [4.78, 5) is 0. The zero-order chi connectivity index (χ0) is 13.8. The number of methoxy groups -OCH3 is 1. The highest BCUT2D eigenvalue weighted by atomic mass is 79.9. The van der Waals surface area contributed by atoms with Crippen molar-refractivity contribution < 1.29 is 9.13 Å². The summed E-state index contributed by atoms with van der Waals surface area (Å²) in [6.07, 6.45) is 0. The van der Waals surface area contributed by atoms with Crippen LogP contribution >= 0.6 is 27.5 Å². The standard InChI is InChI=1S/C14H12BrClFNO/c1-19-14-7-11(4-5-12(14)15)18-8-9-2-3-10(16)6-13(9)17/h2-7,18H,8H2,1H3. The number of hydrogen-bond acceptors (Lipinski definition) is 2. The minimum Gasteiger partial charge on any atom is -0.495 e. The number of hydrogen-bond donors (Lipinski definition) is 1. The third-order valence-corrected chi connectivity index (χ3v) is 3.54. The van der Waals surface area contributed by atoms with Crippen LogP contribution in [0.2, 0.25) is 5.02 Å². The molecule has 0 aliphatic rings. The van der Waals surface area contributed by atoms with Gasteiger partial charge in [-0.2, -0.15) is 0 Å². The molecule has 0 unspecified atom stereocenters. The summed E-state index contributed by atoms with van der Waals surface area (Å²) in [5.41, 5.74) is 1.42. The van der Waals surface area contributed by atoms with Gasteiger partial charge >= 0.3 is 0 Å². The van der Waals surface area contributed by atoms with Crippen LogP contribution < -0.4 is 10.1 Å². The first kappa shape index (κ1) is 14.2. The molecule has 0 heterocycles. The number of nitrogens with one attached hydrogen (secondary N) is 1. The summed E-state index contributed by atoms with van der Waals surface area (Å²) in [5, 5.41) is 3.53. The highest BCUT2D eigenvalue weighted by Gasteiger charge is 2.04. The van der Waals surface area contributed by atoms with Gasteiger partial charge in [0.25, 0.3) is 0 Å². The van der Waals surface area contributed by atoms with Crippen molar-refractivity contribution in [3.8, 4) is 5.75 Å². The van der Waals surface area contributed by atoms with E-state index in [4.69, 9.17) is 16.3 Å². The first-order valence-electron chi connectivity index (χ1n) is 5.61. The van der Waals surface area contributed by atoms with Gasteiger partial charge in [-0.1, -0.05) is 17.7 Å². The molecule has 0 bridgehead atoms. The lowest BCUT2D eigenvalue weighted by Gasteiger charge is -2.10. The minimum atomic E-state index is -0.316. The molecule has 0 saturated carbocycles. The van der Waals surface area contributed by atoms with E-state index in [-0.39, 0.29) is 5.82 Å². The van der Waals surface area contributed by atoms with Gasteiger partial charge in [0.15, 0.2) is 0 Å². The second kappa shape index (κ2) is 6.26. The van der Waals surface area contributed by atoms with E-state index in [1.165, 1.54) is 6.07 Å². The molecule has 1 N–H and O–H groups in total. The van der Waals surface area contributed by atoms with Crippen LogP contribution in [-0.4, -0.2) is 7.11 Å². The number of rotatable bonds is 4. The number of halogens is 3. The van der Waals surface area contributed by atoms with Crippen molar-refractivity contribution in [2.75, 3.05) is 12.4 Å². The fraction of sp³-hybridized carbons (Fsp3) is 0.143. The third kappa shape index (κ3) is 3.61. The molecule has 0 radical (unpaired) electrons. The first-order valence-corrected chi connectivity index (χ1v) is 6.78. The fourth-order valence-electron chi connectivity index (χ4n) is 1.63. The molecular weight excluding hydrogens is 333 g/mol. The highest BCUT2D eigenvalue weighted by Crippen LogP contribution is 2.28. The van der Waals surface area contributed by atoms with E-state index >= 15 is 0 Å². The van der Waals surface area contributed by atoms with Crippen molar-refractivity contribution in [1.29, 1.82) is 0 Å². The Bertz CT molecular complexity index is 592. The van der Waals surface area contributed by atoms with Gasteiger partial charge in [0.1, 0.15) is 11.6 Å². The SMILES string of the molecule is COc1cc(NCc2ccc(Cl)cc2F)ccc1Br. The van der Waals surface area contributed by atoms with Gasteiger partial charge in [-0.25, -0.2) is 4.39 Å². The van der Waals surface area contributed by atoms with E-state index in [9.17, 15) is 4.39 Å². The van der Waals surface area contributed by atoms with Crippen LogP contribution in [0.3, 0.4) is 0 Å². The van der Waals surface area contributed by atoms with Crippen molar-refractivity contribution in [3.63, 3.8) is 0 Å². The monoisotopic (exact) mass is 343 g/mol. The smallest absolute Gasteiger partial charge is 0.135 e. The Labute approximate surface area is 124 Å². The van der Waals surface area contributed by atoms with Gasteiger partial charge in [-0.15, -0.1) is 0 Å². The van der Waals surface area contributed by atoms with Crippen molar-refractivity contribution in [2.24, 2.45) is 0 Å². The second-order valence-corrected chi connectivity index (χ2v) is 5.23. The van der Waals surface area contributed by atoms with Crippen LogP contribution in [-0.2, 0) is 6.54 Å². The van der Waals surface area contributed by atoms with E-state index in [1.54, 1.807) is 19.2 Å². The minimum absolute atomic E-state index is 0.316. The molecule has 0 fully saturated rings.